The van der Waals surface area contributed by atoms with Crippen LogP contribution < -0.4 is 0 Å². The van der Waals surface area contributed by atoms with Gasteiger partial charge in [-0.2, -0.15) is 0 Å². The van der Waals surface area contributed by atoms with Crippen molar-refractivity contribution in [3.63, 3.8) is 0 Å². The van der Waals surface area contributed by atoms with Crippen molar-refractivity contribution in [2.45, 2.75) is 26.2 Å². The fourth-order valence-electron chi connectivity index (χ4n) is 2.41. The quantitative estimate of drug-likeness (QED) is 0.723. The zero-order chi connectivity index (χ0) is 13.0. The van der Waals surface area contributed by atoms with E-state index < -0.39 is 0 Å². The minimum atomic E-state index is -0.167. The van der Waals surface area contributed by atoms with E-state index in [0.29, 0.717) is 13.0 Å². The highest BCUT2D eigenvalue weighted by atomic mass is 19.1. The van der Waals surface area contributed by atoms with Gasteiger partial charge in [0.2, 0.25) is 0 Å². The molecule has 0 spiro atoms. The molecule has 4 heteroatoms. The van der Waals surface area contributed by atoms with E-state index in [1.807, 2.05) is 13.0 Å². The predicted octanol–water partition coefficient (Wildman–Crippen LogP) is 2.61. The van der Waals surface area contributed by atoms with Gasteiger partial charge in [-0.25, -0.2) is 4.39 Å². The lowest BCUT2D eigenvalue weighted by Gasteiger charge is -2.35. The minimum absolute atomic E-state index is 0.0293. The van der Waals surface area contributed by atoms with Gasteiger partial charge >= 0.3 is 5.97 Å². The molecule has 1 fully saturated rings. The molecule has 1 aliphatic heterocycles. The molecule has 0 aromatic heterocycles. The Morgan fingerprint density at radius 2 is 2.17 bits per heavy atom. The highest BCUT2D eigenvalue weighted by Crippen LogP contribution is 2.28. The monoisotopic (exact) mass is 252 g/mol. The Hall–Kier alpha value is -1.16. The first-order valence-electron chi connectivity index (χ1n) is 6.52. The van der Waals surface area contributed by atoms with Gasteiger partial charge in [0.1, 0.15) is 5.83 Å². The van der Waals surface area contributed by atoms with Crippen LogP contribution in [0.4, 0.5) is 4.39 Å². The Kier molecular flexibility index (Phi) is 4.53. The van der Waals surface area contributed by atoms with Crippen LogP contribution >= 0.6 is 0 Å². The van der Waals surface area contributed by atoms with E-state index in [4.69, 9.17) is 4.74 Å². The second-order valence-electron chi connectivity index (χ2n) is 4.63. The van der Waals surface area contributed by atoms with Gasteiger partial charge in [0.25, 0.3) is 0 Å². The number of halogens is 1. The molecule has 1 heterocycles. The zero-order valence-electron chi connectivity index (χ0n) is 10.7. The summed E-state index contributed by atoms with van der Waals surface area (Å²) in [6.45, 7) is 3.97. The third-order valence-corrected chi connectivity index (χ3v) is 3.46. The van der Waals surface area contributed by atoms with E-state index in [9.17, 15) is 9.18 Å². The SMILES string of the molecule is CCOC(=O)C1CCN([C]2C=CC(F)=CC2)CC1. The Morgan fingerprint density at radius 3 is 2.72 bits per heavy atom. The van der Waals surface area contributed by atoms with Crippen molar-refractivity contribution in [1.82, 2.24) is 4.90 Å². The summed E-state index contributed by atoms with van der Waals surface area (Å²) in [5, 5.41) is 0. The van der Waals surface area contributed by atoms with Gasteiger partial charge in [0.05, 0.1) is 18.6 Å². The molecule has 0 atom stereocenters. The zero-order valence-corrected chi connectivity index (χ0v) is 10.7. The molecule has 0 amide bonds. The van der Waals surface area contributed by atoms with Crippen LogP contribution in [-0.4, -0.2) is 30.6 Å². The van der Waals surface area contributed by atoms with Crippen LogP contribution in [0.25, 0.3) is 0 Å². The summed E-state index contributed by atoms with van der Waals surface area (Å²) < 4.78 is 17.9. The lowest BCUT2D eigenvalue weighted by molar-refractivity contribution is -0.149. The standard InChI is InChI=1S/C14H19FNO2/c1-2-18-14(17)11-7-9-16(10-8-11)13-5-3-12(15)4-6-13/h3-5,11H,2,6-10H2,1H3. The third-order valence-electron chi connectivity index (χ3n) is 3.46. The molecular formula is C14H19FNO2. The molecule has 0 aromatic rings. The largest absolute Gasteiger partial charge is 0.466 e. The summed E-state index contributed by atoms with van der Waals surface area (Å²) in [5.74, 6) is -0.214. The second-order valence-corrected chi connectivity index (χ2v) is 4.63. The molecule has 0 N–H and O–H groups in total. The van der Waals surface area contributed by atoms with Gasteiger partial charge in [0, 0.05) is 0 Å². The maximum atomic E-state index is 12.9. The Labute approximate surface area is 107 Å². The van der Waals surface area contributed by atoms with Crippen molar-refractivity contribution in [2.75, 3.05) is 19.7 Å². The summed E-state index contributed by atoms with van der Waals surface area (Å²) in [4.78, 5) is 13.8. The molecule has 0 aromatic carbocycles. The number of carbonyl (C=O) groups is 1. The molecule has 1 radical (unpaired) electrons. The molecule has 2 rings (SSSR count). The number of piperidine rings is 1. The van der Waals surface area contributed by atoms with Crippen LogP contribution in [0.3, 0.4) is 0 Å². The smallest absolute Gasteiger partial charge is 0.309 e. The Bertz CT molecular complexity index is 357. The highest BCUT2D eigenvalue weighted by Gasteiger charge is 2.29. The maximum absolute atomic E-state index is 12.9. The number of esters is 1. The van der Waals surface area contributed by atoms with Crippen LogP contribution in [0, 0.1) is 12.0 Å². The first-order valence-corrected chi connectivity index (χ1v) is 6.52. The maximum Gasteiger partial charge on any atom is 0.309 e. The normalized spacial score (nSPS) is 22.9. The van der Waals surface area contributed by atoms with E-state index in [2.05, 4.69) is 4.90 Å². The molecule has 2 aliphatic rings. The third kappa shape index (κ3) is 3.19. The highest BCUT2D eigenvalue weighted by molar-refractivity contribution is 5.72. The first-order chi connectivity index (χ1) is 8.70. The molecule has 1 saturated heterocycles. The molecule has 3 nitrogen and oxygen atoms in total. The first kappa shape index (κ1) is 13.3. The number of nitrogens with zero attached hydrogens (tertiary/aromatic N) is 1. The van der Waals surface area contributed by atoms with Gasteiger partial charge in [-0.05, 0) is 51.4 Å². The van der Waals surface area contributed by atoms with Crippen LogP contribution in [0.2, 0.25) is 0 Å². The van der Waals surface area contributed by atoms with Crippen LogP contribution in [0.5, 0.6) is 0 Å². The molecule has 0 unspecified atom stereocenters. The second kappa shape index (κ2) is 6.14. The number of rotatable bonds is 3. The van der Waals surface area contributed by atoms with Gasteiger partial charge in [-0.15, -0.1) is 0 Å². The van der Waals surface area contributed by atoms with Crippen molar-refractivity contribution in [3.8, 4) is 0 Å². The van der Waals surface area contributed by atoms with Gasteiger partial charge < -0.3 is 4.74 Å². The van der Waals surface area contributed by atoms with Crippen molar-refractivity contribution in [1.29, 1.82) is 0 Å². The fraction of sp³-hybridized carbons (Fsp3) is 0.571. The summed E-state index contributed by atoms with van der Waals surface area (Å²) in [5.41, 5.74) is 0. The number of allylic oxidation sites excluding steroid dienone is 2. The number of ether oxygens (including phenoxy) is 1. The van der Waals surface area contributed by atoms with E-state index in [1.165, 1.54) is 6.08 Å². The molecular weight excluding hydrogens is 233 g/mol. The summed E-state index contributed by atoms with van der Waals surface area (Å²) in [6.07, 6.45) is 7.21. The average Bonchev–Trinajstić information content (AvgIpc) is 2.40. The van der Waals surface area contributed by atoms with Crippen molar-refractivity contribution in [2.24, 2.45) is 5.92 Å². The number of hydrogen-bond acceptors (Lipinski definition) is 3. The topological polar surface area (TPSA) is 29.5 Å². The number of carbonyl (C=O) groups excluding carboxylic acids is 1. The Morgan fingerprint density at radius 1 is 1.44 bits per heavy atom. The minimum Gasteiger partial charge on any atom is -0.466 e. The summed E-state index contributed by atoms with van der Waals surface area (Å²) >= 11 is 0. The molecule has 1 aliphatic carbocycles. The van der Waals surface area contributed by atoms with Crippen LogP contribution in [-0.2, 0) is 9.53 Å². The summed E-state index contributed by atoms with van der Waals surface area (Å²) in [6, 6.07) is 1.14. The van der Waals surface area contributed by atoms with Gasteiger partial charge in [-0.3, -0.25) is 9.69 Å². The lowest BCUT2D eigenvalue weighted by atomic mass is 9.94. The van der Waals surface area contributed by atoms with E-state index >= 15 is 0 Å². The van der Waals surface area contributed by atoms with Crippen molar-refractivity contribution < 1.29 is 13.9 Å². The van der Waals surface area contributed by atoms with E-state index in [1.54, 1.807) is 6.08 Å². The van der Waals surface area contributed by atoms with Crippen LogP contribution in [0.15, 0.2) is 24.1 Å². The van der Waals surface area contributed by atoms with Gasteiger partial charge in [-0.1, -0.05) is 6.08 Å². The molecule has 18 heavy (non-hydrogen) atoms. The number of likely N-dealkylation sites (tertiary alicyclic amines) is 1. The summed E-state index contributed by atoms with van der Waals surface area (Å²) in [7, 11) is 0. The molecule has 0 saturated carbocycles. The van der Waals surface area contributed by atoms with Crippen LogP contribution in [0.1, 0.15) is 26.2 Å². The van der Waals surface area contributed by atoms with Gasteiger partial charge in [0.15, 0.2) is 0 Å². The average molecular weight is 252 g/mol. The molecule has 0 bridgehead atoms. The van der Waals surface area contributed by atoms with E-state index in [0.717, 1.165) is 32.0 Å². The van der Waals surface area contributed by atoms with E-state index in [-0.39, 0.29) is 17.7 Å². The molecule has 99 valence electrons. The Balaban J connectivity index is 1.80. The fourth-order valence-corrected chi connectivity index (χ4v) is 2.41. The predicted molar refractivity (Wildman–Crippen MR) is 67.1 cm³/mol. The number of hydrogen-bond donors (Lipinski definition) is 0. The van der Waals surface area contributed by atoms with Crippen molar-refractivity contribution in [3.05, 3.63) is 30.1 Å². The lowest BCUT2D eigenvalue weighted by Crippen LogP contribution is -2.38. The van der Waals surface area contributed by atoms with Crippen molar-refractivity contribution >= 4 is 5.97 Å².